The molecule has 0 fully saturated rings. The van der Waals surface area contributed by atoms with Crippen LogP contribution in [0.25, 0.3) is 0 Å². The number of hydrogen-bond acceptors (Lipinski definition) is 2. The van der Waals surface area contributed by atoms with Gasteiger partial charge in [0, 0.05) is 10.4 Å². The van der Waals surface area contributed by atoms with E-state index in [0.29, 0.717) is 12.5 Å². The van der Waals surface area contributed by atoms with Gasteiger partial charge in [0.05, 0.1) is 12.5 Å². The lowest BCUT2D eigenvalue weighted by molar-refractivity contribution is 0.561. The molecule has 2 aromatic rings. The molecule has 2 N–H and O–H groups in total. The van der Waals surface area contributed by atoms with E-state index in [0.717, 1.165) is 10.9 Å². The molecule has 0 aliphatic rings. The fourth-order valence-corrected chi connectivity index (χ4v) is 2.21. The van der Waals surface area contributed by atoms with Crippen LogP contribution in [0, 0.1) is 0 Å². The van der Waals surface area contributed by atoms with Crippen molar-refractivity contribution in [3.8, 4) is 0 Å². The Morgan fingerprint density at radius 3 is 2.81 bits per heavy atom. The molecule has 1 aromatic carbocycles. The van der Waals surface area contributed by atoms with Gasteiger partial charge < -0.3 is 10.2 Å². The Morgan fingerprint density at radius 1 is 1.31 bits per heavy atom. The number of nitrogens with two attached hydrogens (primary N) is 1. The Morgan fingerprint density at radius 2 is 2.19 bits per heavy atom. The zero-order chi connectivity index (χ0) is 11.4. The third kappa shape index (κ3) is 2.74. The number of hydrogen-bond donors (Lipinski definition) is 1. The van der Waals surface area contributed by atoms with Gasteiger partial charge in [-0.25, -0.2) is 0 Å². The predicted octanol–water partition coefficient (Wildman–Crippen LogP) is 3.33. The van der Waals surface area contributed by atoms with Gasteiger partial charge in [-0.1, -0.05) is 28.1 Å². The van der Waals surface area contributed by atoms with E-state index in [1.165, 1.54) is 11.1 Å². The van der Waals surface area contributed by atoms with Crippen LogP contribution in [0.4, 0.5) is 0 Å². The predicted molar refractivity (Wildman–Crippen MR) is 68.3 cm³/mol. The van der Waals surface area contributed by atoms with E-state index in [1.54, 1.807) is 12.5 Å². The van der Waals surface area contributed by atoms with Crippen molar-refractivity contribution < 1.29 is 4.42 Å². The topological polar surface area (TPSA) is 39.2 Å². The summed E-state index contributed by atoms with van der Waals surface area (Å²) < 4.78 is 6.16. The summed E-state index contributed by atoms with van der Waals surface area (Å²) in [6, 6.07) is 10.3. The van der Waals surface area contributed by atoms with Crippen LogP contribution in [-0.4, -0.2) is 6.54 Å². The molecule has 0 spiro atoms. The molecule has 2 rings (SSSR count). The van der Waals surface area contributed by atoms with Crippen molar-refractivity contribution in [2.75, 3.05) is 6.54 Å². The summed E-state index contributed by atoms with van der Waals surface area (Å²) in [5, 5.41) is 0. The molecule has 0 saturated heterocycles. The van der Waals surface area contributed by atoms with Gasteiger partial charge in [-0.2, -0.15) is 0 Å². The lowest BCUT2D eigenvalue weighted by atomic mass is 9.93. The van der Waals surface area contributed by atoms with Gasteiger partial charge in [0.2, 0.25) is 0 Å². The maximum atomic E-state index is 5.83. The molecule has 0 bridgehead atoms. The maximum absolute atomic E-state index is 5.83. The Bertz CT molecular complexity index is 439. The third-order valence-corrected chi connectivity index (χ3v) is 3.16. The average molecular weight is 280 g/mol. The molecular formula is C13H14BrNO. The van der Waals surface area contributed by atoms with E-state index in [9.17, 15) is 0 Å². The Hall–Kier alpha value is -1.06. The molecule has 84 valence electrons. The van der Waals surface area contributed by atoms with E-state index in [1.807, 2.05) is 18.2 Å². The van der Waals surface area contributed by atoms with Gasteiger partial charge in [-0.05, 0) is 42.3 Å². The highest BCUT2D eigenvalue weighted by Crippen LogP contribution is 2.23. The van der Waals surface area contributed by atoms with Crippen molar-refractivity contribution in [1.29, 1.82) is 0 Å². The Labute approximate surface area is 104 Å². The summed E-state index contributed by atoms with van der Waals surface area (Å²) in [6.45, 7) is 0.641. The van der Waals surface area contributed by atoms with Crippen molar-refractivity contribution in [3.05, 3.63) is 58.5 Å². The molecular weight excluding hydrogens is 266 g/mol. The van der Waals surface area contributed by atoms with Crippen LogP contribution in [0.2, 0.25) is 0 Å². The van der Waals surface area contributed by atoms with Crippen molar-refractivity contribution >= 4 is 15.9 Å². The zero-order valence-electron chi connectivity index (χ0n) is 8.90. The normalized spacial score (nSPS) is 12.6. The number of furan rings is 1. The summed E-state index contributed by atoms with van der Waals surface area (Å²) in [6.07, 6.45) is 4.40. The van der Waals surface area contributed by atoms with Crippen LogP contribution in [0.15, 0.2) is 51.7 Å². The van der Waals surface area contributed by atoms with E-state index < -0.39 is 0 Å². The van der Waals surface area contributed by atoms with Crippen LogP contribution < -0.4 is 5.73 Å². The molecule has 0 aliphatic heterocycles. The van der Waals surface area contributed by atoms with Crippen molar-refractivity contribution in [3.63, 3.8) is 0 Å². The fraction of sp³-hybridized carbons (Fsp3) is 0.231. The standard InChI is InChI=1S/C13H14BrNO/c14-13-3-1-2-11(7-13)12(8-15)6-10-4-5-16-9-10/h1-5,7,9,12H,6,8,15H2. The summed E-state index contributed by atoms with van der Waals surface area (Å²) in [7, 11) is 0. The van der Waals surface area contributed by atoms with E-state index in [4.69, 9.17) is 10.2 Å². The minimum Gasteiger partial charge on any atom is -0.472 e. The monoisotopic (exact) mass is 279 g/mol. The second kappa shape index (κ2) is 5.32. The number of rotatable bonds is 4. The smallest absolute Gasteiger partial charge is 0.0934 e. The molecule has 0 amide bonds. The quantitative estimate of drug-likeness (QED) is 0.933. The lowest BCUT2D eigenvalue weighted by Gasteiger charge is -2.14. The number of halogens is 1. The van der Waals surface area contributed by atoms with Crippen molar-refractivity contribution in [2.24, 2.45) is 5.73 Å². The van der Waals surface area contributed by atoms with Gasteiger partial charge in [-0.15, -0.1) is 0 Å². The second-order valence-electron chi connectivity index (χ2n) is 3.82. The fourth-order valence-electron chi connectivity index (χ4n) is 1.79. The summed E-state index contributed by atoms with van der Waals surface area (Å²) in [5.74, 6) is 0.343. The van der Waals surface area contributed by atoms with Crippen molar-refractivity contribution in [2.45, 2.75) is 12.3 Å². The summed E-state index contributed by atoms with van der Waals surface area (Å²) in [4.78, 5) is 0. The van der Waals surface area contributed by atoms with Crippen molar-refractivity contribution in [1.82, 2.24) is 0 Å². The Kier molecular flexibility index (Phi) is 3.80. The first kappa shape index (κ1) is 11.4. The molecule has 16 heavy (non-hydrogen) atoms. The second-order valence-corrected chi connectivity index (χ2v) is 4.74. The first-order valence-electron chi connectivity index (χ1n) is 5.26. The highest BCUT2D eigenvalue weighted by Gasteiger charge is 2.11. The molecule has 1 atom stereocenters. The van der Waals surface area contributed by atoms with Crippen LogP contribution in [0.1, 0.15) is 17.0 Å². The van der Waals surface area contributed by atoms with Gasteiger partial charge >= 0.3 is 0 Å². The van der Waals surface area contributed by atoms with E-state index in [-0.39, 0.29) is 0 Å². The molecule has 1 heterocycles. The zero-order valence-corrected chi connectivity index (χ0v) is 10.5. The van der Waals surface area contributed by atoms with Crippen LogP contribution >= 0.6 is 15.9 Å². The highest BCUT2D eigenvalue weighted by molar-refractivity contribution is 9.10. The lowest BCUT2D eigenvalue weighted by Crippen LogP contribution is -2.14. The van der Waals surface area contributed by atoms with Crippen LogP contribution in [0.3, 0.4) is 0 Å². The Balaban J connectivity index is 2.16. The largest absolute Gasteiger partial charge is 0.472 e. The average Bonchev–Trinajstić information content (AvgIpc) is 2.78. The van der Waals surface area contributed by atoms with Gasteiger partial charge in [-0.3, -0.25) is 0 Å². The molecule has 1 aromatic heterocycles. The molecule has 1 unspecified atom stereocenters. The molecule has 0 radical (unpaired) electrons. The third-order valence-electron chi connectivity index (χ3n) is 2.67. The summed E-state index contributed by atoms with van der Waals surface area (Å²) in [5.41, 5.74) is 8.28. The first-order valence-corrected chi connectivity index (χ1v) is 6.05. The first-order chi connectivity index (χ1) is 7.79. The minimum atomic E-state index is 0.343. The summed E-state index contributed by atoms with van der Waals surface area (Å²) >= 11 is 3.48. The highest BCUT2D eigenvalue weighted by atomic mass is 79.9. The van der Waals surface area contributed by atoms with Gasteiger partial charge in [0.25, 0.3) is 0 Å². The van der Waals surface area contributed by atoms with Crippen LogP contribution in [0.5, 0.6) is 0 Å². The van der Waals surface area contributed by atoms with Gasteiger partial charge in [0.1, 0.15) is 0 Å². The maximum Gasteiger partial charge on any atom is 0.0934 e. The van der Waals surface area contributed by atoms with E-state index in [2.05, 4.69) is 28.1 Å². The SMILES string of the molecule is NCC(Cc1ccoc1)c1cccc(Br)c1. The molecule has 0 aliphatic carbocycles. The van der Waals surface area contributed by atoms with E-state index >= 15 is 0 Å². The number of benzene rings is 1. The minimum absolute atomic E-state index is 0.343. The molecule has 2 nitrogen and oxygen atoms in total. The van der Waals surface area contributed by atoms with Gasteiger partial charge in [0.15, 0.2) is 0 Å². The molecule has 3 heteroatoms. The van der Waals surface area contributed by atoms with Crippen LogP contribution in [-0.2, 0) is 6.42 Å². The molecule has 0 saturated carbocycles.